The van der Waals surface area contributed by atoms with Crippen LogP contribution in [0.5, 0.6) is 0 Å². The van der Waals surface area contributed by atoms with Gasteiger partial charge in [-0.05, 0) is 30.2 Å². The molecule has 0 aliphatic carbocycles. The average molecular weight is 348 g/mol. The normalized spacial score (nSPS) is 12.6. The van der Waals surface area contributed by atoms with Crippen molar-refractivity contribution in [3.8, 4) is 11.3 Å². The third kappa shape index (κ3) is 2.83. The number of aryl methyl sites for hydroxylation is 1. The number of amides is 1. The van der Waals surface area contributed by atoms with Crippen LogP contribution in [0.25, 0.3) is 11.3 Å². The maximum atomic E-state index is 12.4. The molecule has 130 valence electrons. The molecule has 0 radical (unpaired) electrons. The zero-order valence-corrected chi connectivity index (χ0v) is 13.9. The van der Waals surface area contributed by atoms with Crippen molar-refractivity contribution in [3.05, 3.63) is 76.2 Å². The highest BCUT2D eigenvalue weighted by Gasteiger charge is 2.20. The number of fused-ring (bicyclic) bond motifs is 1. The van der Waals surface area contributed by atoms with Gasteiger partial charge in [-0.3, -0.25) is 14.9 Å². The lowest BCUT2D eigenvalue weighted by Gasteiger charge is -2.08. The number of anilines is 1. The van der Waals surface area contributed by atoms with Gasteiger partial charge >= 0.3 is 0 Å². The number of benzene rings is 2. The summed E-state index contributed by atoms with van der Waals surface area (Å²) in [5.74, 6) is 0.601. The smallest absolute Gasteiger partial charge is 0.282 e. The van der Waals surface area contributed by atoms with Crippen LogP contribution in [0.2, 0.25) is 0 Å². The zero-order chi connectivity index (χ0) is 18.1. The third-order valence-corrected chi connectivity index (χ3v) is 4.50. The van der Waals surface area contributed by atoms with Crippen LogP contribution in [0.3, 0.4) is 0 Å². The van der Waals surface area contributed by atoms with Crippen LogP contribution in [0.4, 0.5) is 11.4 Å². The van der Waals surface area contributed by atoms with Crippen molar-refractivity contribution < 1.29 is 9.72 Å². The molecule has 1 N–H and O–H groups in total. The number of hydrogen-bond donors (Lipinski definition) is 1. The summed E-state index contributed by atoms with van der Waals surface area (Å²) >= 11 is 0. The first-order valence-corrected chi connectivity index (χ1v) is 8.33. The lowest BCUT2D eigenvalue weighted by atomic mass is 10.1. The summed E-state index contributed by atoms with van der Waals surface area (Å²) < 4.78 is 2.21. The molecule has 3 aromatic rings. The van der Waals surface area contributed by atoms with Gasteiger partial charge in [0.1, 0.15) is 11.4 Å². The molecule has 0 atom stereocenters. The van der Waals surface area contributed by atoms with Crippen LogP contribution in [0.1, 0.15) is 22.6 Å². The molecule has 4 rings (SSSR count). The molecular formula is C19H16N4O3. The molecule has 0 fully saturated rings. The Kier molecular flexibility index (Phi) is 3.96. The van der Waals surface area contributed by atoms with Gasteiger partial charge in [0.15, 0.2) is 0 Å². The van der Waals surface area contributed by atoms with Gasteiger partial charge < -0.3 is 9.88 Å². The molecule has 1 aliphatic heterocycles. The van der Waals surface area contributed by atoms with Crippen molar-refractivity contribution in [2.75, 3.05) is 5.32 Å². The Hall–Kier alpha value is -3.48. The molecule has 7 heteroatoms. The van der Waals surface area contributed by atoms with Gasteiger partial charge in [-0.2, -0.15) is 0 Å². The molecule has 1 amide bonds. The lowest BCUT2D eigenvalue weighted by Crippen LogP contribution is -2.13. The summed E-state index contributed by atoms with van der Waals surface area (Å²) in [6.45, 7) is 0.973. The first-order valence-electron chi connectivity index (χ1n) is 8.33. The van der Waals surface area contributed by atoms with Crippen molar-refractivity contribution in [2.45, 2.75) is 19.4 Å². The van der Waals surface area contributed by atoms with E-state index < -0.39 is 10.8 Å². The van der Waals surface area contributed by atoms with Gasteiger partial charge in [-0.15, -0.1) is 0 Å². The first kappa shape index (κ1) is 16.0. The number of para-hydroxylation sites is 1. The highest BCUT2D eigenvalue weighted by atomic mass is 16.6. The summed E-state index contributed by atoms with van der Waals surface area (Å²) in [6.07, 6.45) is 3.99. The highest BCUT2D eigenvalue weighted by molar-refractivity contribution is 6.07. The van der Waals surface area contributed by atoms with Crippen LogP contribution < -0.4 is 5.32 Å². The quantitative estimate of drug-likeness (QED) is 0.575. The molecule has 26 heavy (non-hydrogen) atoms. The number of rotatable bonds is 4. The number of hydrogen-bond acceptors (Lipinski definition) is 4. The fraction of sp³-hybridized carbons (Fsp3) is 0.158. The SMILES string of the molecule is O=C(Nc1ccc(-c2cnc3n2CCC3)cc1)c1ccccc1[N+](=O)[O-]. The van der Waals surface area contributed by atoms with E-state index in [0.29, 0.717) is 5.69 Å². The van der Waals surface area contributed by atoms with Crippen molar-refractivity contribution in [2.24, 2.45) is 0 Å². The fourth-order valence-corrected chi connectivity index (χ4v) is 3.24. The van der Waals surface area contributed by atoms with E-state index in [9.17, 15) is 14.9 Å². The Morgan fingerprint density at radius 2 is 1.92 bits per heavy atom. The Bertz CT molecular complexity index is 992. The number of nitrogens with zero attached hydrogens (tertiary/aromatic N) is 3. The van der Waals surface area contributed by atoms with Crippen molar-refractivity contribution in [3.63, 3.8) is 0 Å². The van der Waals surface area contributed by atoms with Gasteiger partial charge in [0.25, 0.3) is 11.6 Å². The number of imidazole rings is 1. The van der Waals surface area contributed by atoms with E-state index in [-0.39, 0.29) is 11.3 Å². The standard InChI is InChI=1S/C19H16N4O3/c24-19(15-4-1-2-5-16(15)23(25)26)21-14-9-7-13(8-10-14)17-12-20-18-6-3-11-22(17)18/h1-2,4-5,7-10,12H,3,6,11H2,(H,21,24). The van der Waals surface area contributed by atoms with E-state index in [1.165, 1.54) is 18.2 Å². The molecule has 0 spiro atoms. The molecular weight excluding hydrogens is 332 g/mol. The predicted octanol–water partition coefficient (Wildman–Crippen LogP) is 3.66. The molecule has 2 heterocycles. The Morgan fingerprint density at radius 1 is 1.15 bits per heavy atom. The minimum Gasteiger partial charge on any atom is -0.328 e. The zero-order valence-electron chi connectivity index (χ0n) is 13.9. The number of carbonyl (C=O) groups is 1. The molecule has 2 aromatic carbocycles. The molecule has 1 aromatic heterocycles. The van der Waals surface area contributed by atoms with E-state index in [1.54, 1.807) is 18.2 Å². The lowest BCUT2D eigenvalue weighted by molar-refractivity contribution is -0.385. The van der Waals surface area contributed by atoms with E-state index in [1.807, 2.05) is 18.3 Å². The summed E-state index contributed by atoms with van der Waals surface area (Å²) in [7, 11) is 0. The van der Waals surface area contributed by atoms with Crippen LogP contribution in [-0.4, -0.2) is 20.4 Å². The summed E-state index contributed by atoms with van der Waals surface area (Å²) in [5, 5.41) is 13.8. The Balaban J connectivity index is 1.55. The van der Waals surface area contributed by atoms with Crippen LogP contribution in [-0.2, 0) is 13.0 Å². The molecule has 0 saturated carbocycles. The second-order valence-corrected chi connectivity index (χ2v) is 6.12. The van der Waals surface area contributed by atoms with Crippen molar-refractivity contribution in [1.29, 1.82) is 0 Å². The molecule has 0 bridgehead atoms. The van der Waals surface area contributed by atoms with Gasteiger partial charge in [0, 0.05) is 24.7 Å². The van der Waals surface area contributed by atoms with Crippen molar-refractivity contribution >= 4 is 17.3 Å². The van der Waals surface area contributed by atoms with Gasteiger partial charge in [0.05, 0.1) is 16.8 Å². The average Bonchev–Trinajstić information content (AvgIpc) is 3.26. The maximum Gasteiger partial charge on any atom is 0.282 e. The summed E-state index contributed by atoms with van der Waals surface area (Å²) in [4.78, 5) is 27.3. The largest absolute Gasteiger partial charge is 0.328 e. The van der Waals surface area contributed by atoms with E-state index in [4.69, 9.17) is 0 Å². The van der Waals surface area contributed by atoms with Gasteiger partial charge in [-0.25, -0.2) is 4.98 Å². The minimum absolute atomic E-state index is 0.0372. The van der Waals surface area contributed by atoms with Crippen LogP contribution in [0, 0.1) is 10.1 Å². The second-order valence-electron chi connectivity index (χ2n) is 6.12. The third-order valence-electron chi connectivity index (χ3n) is 4.50. The topological polar surface area (TPSA) is 90.1 Å². The number of aromatic nitrogens is 2. The predicted molar refractivity (Wildman–Crippen MR) is 97.0 cm³/mol. The summed E-state index contributed by atoms with van der Waals surface area (Å²) in [6, 6.07) is 13.3. The monoisotopic (exact) mass is 348 g/mol. The summed E-state index contributed by atoms with van der Waals surface area (Å²) in [5.41, 5.74) is 2.49. The first-order chi connectivity index (χ1) is 12.6. The van der Waals surface area contributed by atoms with Crippen LogP contribution in [0.15, 0.2) is 54.7 Å². The maximum absolute atomic E-state index is 12.4. The minimum atomic E-state index is -0.557. The number of nitrogens with one attached hydrogen (secondary N) is 1. The molecule has 0 unspecified atom stereocenters. The Morgan fingerprint density at radius 3 is 2.69 bits per heavy atom. The second kappa shape index (κ2) is 6.44. The number of nitro benzene ring substituents is 1. The van der Waals surface area contributed by atoms with Crippen LogP contribution >= 0.6 is 0 Å². The highest BCUT2D eigenvalue weighted by Crippen LogP contribution is 2.27. The Labute approximate surface area is 149 Å². The number of carbonyl (C=O) groups excluding carboxylic acids is 1. The number of nitro groups is 1. The van der Waals surface area contributed by atoms with E-state index >= 15 is 0 Å². The van der Waals surface area contributed by atoms with Gasteiger partial charge in [0.2, 0.25) is 0 Å². The molecule has 7 nitrogen and oxygen atoms in total. The van der Waals surface area contributed by atoms with E-state index in [0.717, 1.165) is 36.5 Å². The molecule has 0 saturated heterocycles. The molecule has 1 aliphatic rings. The van der Waals surface area contributed by atoms with E-state index in [2.05, 4.69) is 14.9 Å². The van der Waals surface area contributed by atoms with Gasteiger partial charge in [-0.1, -0.05) is 24.3 Å². The fourth-order valence-electron chi connectivity index (χ4n) is 3.24. The van der Waals surface area contributed by atoms with Crippen molar-refractivity contribution in [1.82, 2.24) is 9.55 Å².